The molecule has 112 valence electrons. The molecule has 0 amide bonds. The fraction of sp³-hybridized carbons (Fsp3) is 0.471. The molecule has 0 aromatic carbocycles. The van der Waals surface area contributed by atoms with Crippen molar-refractivity contribution in [2.45, 2.75) is 46.6 Å². The van der Waals surface area contributed by atoms with Crippen molar-refractivity contribution in [3.63, 3.8) is 0 Å². The highest BCUT2D eigenvalue weighted by atomic mass is 15.1. The zero-order chi connectivity index (χ0) is 15.4. The summed E-state index contributed by atoms with van der Waals surface area (Å²) in [6.07, 6.45) is 3.71. The van der Waals surface area contributed by atoms with Gasteiger partial charge < -0.3 is 5.32 Å². The van der Waals surface area contributed by atoms with Gasteiger partial charge in [0, 0.05) is 24.2 Å². The number of rotatable bonds is 5. The molecule has 0 aliphatic carbocycles. The monoisotopic (exact) mass is 284 g/mol. The molecule has 0 unspecified atom stereocenters. The van der Waals surface area contributed by atoms with E-state index in [4.69, 9.17) is 0 Å². The van der Waals surface area contributed by atoms with Gasteiger partial charge >= 0.3 is 0 Å². The van der Waals surface area contributed by atoms with Crippen LogP contribution in [-0.2, 0) is 0 Å². The lowest BCUT2D eigenvalue weighted by Gasteiger charge is -2.23. The molecule has 0 aliphatic rings. The maximum atomic E-state index is 4.52. The van der Waals surface area contributed by atoms with Crippen LogP contribution in [-0.4, -0.2) is 15.0 Å². The van der Waals surface area contributed by atoms with Gasteiger partial charge in [0.05, 0.1) is 6.04 Å². The average Bonchev–Trinajstić information content (AvgIpc) is 2.44. The smallest absolute Gasteiger partial charge is 0.130 e. The van der Waals surface area contributed by atoms with Crippen molar-refractivity contribution in [2.75, 3.05) is 5.32 Å². The van der Waals surface area contributed by atoms with E-state index in [9.17, 15) is 0 Å². The second-order valence-electron chi connectivity index (χ2n) is 6.03. The van der Waals surface area contributed by atoms with Crippen molar-refractivity contribution in [2.24, 2.45) is 5.92 Å². The predicted octanol–water partition coefficient (Wildman–Crippen LogP) is 4.11. The van der Waals surface area contributed by atoms with E-state index in [1.54, 1.807) is 6.20 Å². The van der Waals surface area contributed by atoms with Crippen LogP contribution >= 0.6 is 0 Å². The van der Waals surface area contributed by atoms with Crippen LogP contribution in [0.5, 0.6) is 0 Å². The number of aromatic nitrogens is 3. The molecule has 2 rings (SSSR count). The third kappa shape index (κ3) is 4.00. The van der Waals surface area contributed by atoms with E-state index in [1.807, 2.05) is 25.3 Å². The minimum atomic E-state index is 0.188. The molecule has 4 nitrogen and oxygen atoms in total. The van der Waals surface area contributed by atoms with E-state index >= 15 is 0 Å². The maximum absolute atomic E-state index is 4.52. The number of nitrogens with one attached hydrogen (secondary N) is 1. The summed E-state index contributed by atoms with van der Waals surface area (Å²) in [4.78, 5) is 13.2. The van der Waals surface area contributed by atoms with Gasteiger partial charge in [0.1, 0.15) is 11.6 Å². The molecule has 0 saturated carbocycles. The number of hydrogen-bond donors (Lipinski definition) is 1. The third-order valence-electron chi connectivity index (χ3n) is 3.46. The zero-order valence-electron chi connectivity index (χ0n) is 13.5. The summed E-state index contributed by atoms with van der Waals surface area (Å²) in [7, 11) is 0. The summed E-state index contributed by atoms with van der Waals surface area (Å²) in [6.45, 7) is 10.6. The van der Waals surface area contributed by atoms with Gasteiger partial charge in [-0.15, -0.1) is 0 Å². The number of anilines is 1. The first-order chi connectivity index (χ1) is 9.97. The summed E-state index contributed by atoms with van der Waals surface area (Å²) in [5.74, 6) is 2.52. The molecule has 1 N–H and O–H groups in total. The predicted molar refractivity (Wildman–Crippen MR) is 86.3 cm³/mol. The maximum Gasteiger partial charge on any atom is 0.130 e. The first kappa shape index (κ1) is 15.4. The topological polar surface area (TPSA) is 50.7 Å². The molecule has 1 atom stereocenters. The fourth-order valence-corrected chi connectivity index (χ4v) is 2.31. The van der Waals surface area contributed by atoms with Crippen molar-refractivity contribution in [3.05, 3.63) is 47.7 Å². The van der Waals surface area contributed by atoms with Crippen LogP contribution in [0, 0.1) is 12.8 Å². The summed E-state index contributed by atoms with van der Waals surface area (Å²) in [5, 5.41) is 3.54. The lowest BCUT2D eigenvalue weighted by molar-refractivity contribution is 0.543. The molecule has 21 heavy (non-hydrogen) atoms. The van der Waals surface area contributed by atoms with Gasteiger partial charge in [0.15, 0.2) is 0 Å². The van der Waals surface area contributed by atoms with Crippen LogP contribution in [0.2, 0.25) is 0 Å². The second kappa shape index (κ2) is 6.66. The molecule has 0 spiro atoms. The first-order valence-corrected chi connectivity index (χ1v) is 7.49. The molecule has 0 radical (unpaired) electrons. The number of pyridine rings is 1. The normalized spacial score (nSPS) is 12.7. The number of hydrogen-bond acceptors (Lipinski definition) is 4. The highest BCUT2D eigenvalue weighted by Gasteiger charge is 2.17. The Balaban J connectivity index is 2.29. The second-order valence-corrected chi connectivity index (χ2v) is 6.03. The Morgan fingerprint density at radius 1 is 1.10 bits per heavy atom. The van der Waals surface area contributed by atoms with Crippen LogP contribution in [0.3, 0.4) is 0 Å². The highest BCUT2D eigenvalue weighted by Crippen LogP contribution is 2.26. The highest BCUT2D eigenvalue weighted by molar-refractivity contribution is 5.40. The van der Waals surface area contributed by atoms with Crippen molar-refractivity contribution in [1.29, 1.82) is 0 Å². The Hall–Kier alpha value is -1.97. The summed E-state index contributed by atoms with van der Waals surface area (Å²) < 4.78 is 0. The molecular weight excluding hydrogens is 260 g/mol. The van der Waals surface area contributed by atoms with Gasteiger partial charge in [0.25, 0.3) is 0 Å². The SMILES string of the molecule is Cc1nc(N[C@@H](c2cccnc2)C(C)C)cc(C(C)C)n1. The Bertz CT molecular complexity index is 579. The van der Waals surface area contributed by atoms with E-state index < -0.39 is 0 Å². The lowest BCUT2D eigenvalue weighted by Crippen LogP contribution is -2.18. The van der Waals surface area contributed by atoms with Gasteiger partial charge in [-0.05, 0) is 30.4 Å². The van der Waals surface area contributed by atoms with Crippen LogP contribution in [0.25, 0.3) is 0 Å². The molecule has 2 aromatic heterocycles. The van der Waals surface area contributed by atoms with E-state index in [2.05, 4.69) is 54.0 Å². The summed E-state index contributed by atoms with van der Waals surface area (Å²) in [5.41, 5.74) is 2.24. The first-order valence-electron chi connectivity index (χ1n) is 7.49. The molecular formula is C17H24N4. The van der Waals surface area contributed by atoms with E-state index in [1.165, 1.54) is 5.56 Å². The minimum absolute atomic E-state index is 0.188. The Labute approximate surface area is 127 Å². The van der Waals surface area contributed by atoms with Crippen molar-refractivity contribution < 1.29 is 0 Å². The van der Waals surface area contributed by atoms with E-state index in [-0.39, 0.29) is 6.04 Å². The van der Waals surface area contributed by atoms with E-state index in [0.717, 1.165) is 17.3 Å². The Kier molecular flexibility index (Phi) is 4.89. The molecule has 0 bridgehead atoms. The van der Waals surface area contributed by atoms with Crippen molar-refractivity contribution in [1.82, 2.24) is 15.0 Å². The van der Waals surface area contributed by atoms with Gasteiger partial charge in [-0.3, -0.25) is 4.98 Å². The fourth-order valence-electron chi connectivity index (χ4n) is 2.31. The molecule has 2 heterocycles. The molecule has 0 aliphatic heterocycles. The third-order valence-corrected chi connectivity index (χ3v) is 3.46. The molecule has 4 heteroatoms. The van der Waals surface area contributed by atoms with Gasteiger partial charge in [0.2, 0.25) is 0 Å². The average molecular weight is 284 g/mol. The summed E-state index contributed by atoms with van der Waals surface area (Å²) in [6, 6.07) is 6.30. The van der Waals surface area contributed by atoms with Crippen LogP contribution in [0.4, 0.5) is 5.82 Å². The van der Waals surface area contributed by atoms with Gasteiger partial charge in [-0.25, -0.2) is 9.97 Å². The largest absolute Gasteiger partial charge is 0.363 e. The molecule has 2 aromatic rings. The minimum Gasteiger partial charge on any atom is -0.363 e. The quantitative estimate of drug-likeness (QED) is 0.897. The number of aryl methyl sites for hydroxylation is 1. The molecule has 0 fully saturated rings. The van der Waals surface area contributed by atoms with Crippen LogP contribution < -0.4 is 5.32 Å². The zero-order valence-corrected chi connectivity index (χ0v) is 13.5. The van der Waals surface area contributed by atoms with Gasteiger partial charge in [-0.2, -0.15) is 0 Å². The molecule has 0 saturated heterocycles. The van der Waals surface area contributed by atoms with Gasteiger partial charge in [-0.1, -0.05) is 33.8 Å². The van der Waals surface area contributed by atoms with Crippen molar-refractivity contribution in [3.8, 4) is 0 Å². The summed E-state index contributed by atoms with van der Waals surface area (Å²) >= 11 is 0. The Morgan fingerprint density at radius 2 is 1.86 bits per heavy atom. The van der Waals surface area contributed by atoms with E-state index in [0.29, 0.717) is 11.8 Å². The number of nitrogens with zero attached hydrogens (tertiary/aromatic N) is 3. The van der Waals surface area contributed by atoms with Crippen molar-refractivity contribution >= 4 is 5.82 Å². The Morgan fingerprint density at radius 3 is 2.43 bits per heavy atom. The lowest BCUT2D eigenvalue weighted by atomic mass is 9.97. The standard InChI is InChI=1S/C17H24N4/c1-11(2)15-9-16(20-13(5)19-15)21-17(12(3)4)14-7-6-8-18-10-14/h6-12,17H,1-5H3,(H,19,20,21)/t17-/m1/s1. The van der Waals surface area contributed by atoms with Crippen LogP contribution in [0.15, 0.2) is 30.6 Å². The van der Waals surface area contributed by atoms with Crippen LogP contribution in [0.1, 0.15) is 56.7 Å².